The number of hydrogen-bond acceptors (Lipinski definition) is 6. The van der Waals surface area contributed by atoms with Crippen molar-refractivity contribution in [1.82, 2.24) is 9.97 Å². The summed E-state index contributed by atoms with van der Waals surface area (Å²) in [6, 6.07) is 51.4. The fraction of sp³-hybridized carbons (Fsp3) is 0.290. The molecule has 6 heteroatoms. The Labute approximate surface area is 402 Å². The minimum Gasteiger partial charge on any atom is -0.493 e. The third kappa shape index (κ3) is 10.6. The van der Waals surface area contributed by atoms with Gasteiger partial charge in [-0.3, -0.25) is 0 Å². The van der Waals surface area contributed by atoms with Crippen LogP contribution in [0.2, 0.25) is 0 Å². The van der Waals surface area contributed by atoms with Gasteiger partial charge in [-0.15, -0.1) is 0 Å². The summed E-state index contributed by atoms with van der Waals surface area (Å²) in [4.78, 5) is 9.66. The lowest BCUT2D eigenvalue weighted by Crippen LogP contribution is -2.11. The Morgan fingerprint density at radius 3 is 0.941 bits per heavy atom. The number of ether oxygens (including phenoxy) is 2. The highest BCUT2D eigenvalue weighted by Gasteiger charge is 2.16. The number of oxazole rings is 2. The van der Waals surface area contributed by atoms with Gasteiger partial charge in [0.2, 0.25) is 11.8 Å². The first-order chi connectivity index (χ1) is 33.3. The van der Waals surface area contributed by atoms with Gasteiger partial charge in [-0.25, -0.2) is 9.97 Å². The Morgan fingerprint density at radius 2 is 0.676 bits per heavy atom. The molecule has 2 heterocycles. The lowest BCUT2D eigenvalue weighted by Gasteiger charge is -2.16. The van der Waals surface area contributed by atoms with Gasteiger partial charge in [-0.2, -0.15) is 0 Å². The molecule has 346 valence electrons. The van der Waals surface area contributed by atoms with E-state index in [2.05, 4.69) is 175 Å². The lowest BCUT2D eigenvalue weighted by atomic mass is 9.96. The SMILES string of the molecule is CCCCC(CC)COc1cc2oc(-c3ccc(-c4ccc(-c5ccc(-c6ccc(-c7ccc(-c8nc9cc(C)c(OCC(CC)CCCC)cc9o8)cc7)cc6)cc5)cc4)cc3)nc2cc1C. The van der Waals surface area contributed by atoms with E-state index in [4.69, 9.17) is 28.3 Å². The van der Waals surface area contributed by atoms with Gasteiger partial charge in [0.05, 0.1) is 13.2 Å². The molecule has 0 aliphatic heterocycles. The largest absolute Gasteiger partial charge is 0.493 e. The van der Waals surface area contributed by atoms with Crippen LogP contribution in [0.4, 0.5) is 0 Å². The monoisotopic (exact) mass is 900 g/mol. The summed E-state index contributed by atoms with van der Waals surface area (Å²) in [5.41, 5.74) is 16.5. The Bertz CT molecular complexity index is 2840. The molecule has 7 aromatic carbocycles. The molecule has 0 aliphatic rings. The maximum absolute atomic E-state index is 6.29. The fourth-order valence-electron chi connectivity index (χ4n) is 9.06. The van der Waals surface area contributed by atoms with E-state index in [1.165, 1.54) is 60.8 Å². The summed E-state index contributed by atoms with van der Waals surface area (Å²) in [6.07, 6.45) is 9.56. The molecule has 2 atom stereocenters. The molecule has 0 radical (unpaired) electrons. The van der Waals surface area contributed by atoms with Crippen LogP contribution in [0.1, 0.15) is 90.2 Å². The predicted octanol–water partition coefficient (Wildman–Crippen LogP) is 17.8. The van der Waals surface area contributed by atoms with Gasteiger partial charge in [0.15, 0.2) is 11.2 Å². The molecule has 0 fully saturated rings. The highest BCUT2D eigenvalue weighted by molar-refractivity contribution is 5.81. The van der Waals surface area contributed by atoms with Crippen LogP contribution in [0.3, 0.4) is 0 Å². The van der Waals surface area contributed by atoms with Crippen LogP contribution in [0.5, 0.6) is 11.5 Å². The van der Waals surface area contributed by atoms with Crippen LogP contribution in [-0.4, -0.2) is 23.2 Å². The molecule has 0 saturated carbocycles. The maximum Gasteiger partial charge on any atom is 0.227 e. The van der Waals surface area contributed by atoms with E-state index in [1.54, 1.807) is 0 Å². The van der Waals surface area contributed by atoms with Gasteiger partial charge in [0.25, 0.3) is 0 Å². The first kappa shape index (κ1) is 46.2. The second-order valence-corrected chi connectivity index (χ2v) is 18.6. The Kier molecular flexibility index (Phi) is 14.5. The molecule has 0 aliphatic carbocycles. The topological polar surface area (TPSA) is 70.5 Å². The zero-order valence-electron chi connectivity index (χ0n) is 40.6. The van der Waals surface area contributed by atoms with Gasteiger partial charge < -0.3 is 18.3 Å². The lowest BCUT2D eigenvalue weighted by molar-refractivity contribution is 0.232. The average Bonchev–Trinajstić information content (AvgIpc) is 4.00. The summed E-state index contributed by atoms with van der Waals surface area (Å²) >= 11 is 0. The molecular formula is C62H64N2O4. The summed E-state index contributed by atoms with van der Waals surface area (Å²) in [6.45, 7) is 14.6. The molecular weight excluding hydrogens is 837 g/mol. The van der Waals surface area contributed by atoms with E-state index in [9.17, 15) is 0 Å². The molecule has 6 nitrogen and oxygen atoms in total. The minimum atomic E-state index is 0.569. The van der Waals surface area contributed by atoms with Crippen molar-refractivity contribution in [3.8, 4) is 78.9 Å². The Morgan fingerprint density at radius 1 is 0.397 bits per heavy atom. The summed E-state index contributed by atoms with van der Waals surface area (Å²) < 4.78 is 25.1. The van der Waals surface area contributed by atoms with Crippen molar-refractivity contribution in [2.45, 2.75) is 92.9 Å². The number of hydrogen-bond donors (Lipinski definition) is 0. The highest BCUT2D eigenvalue weighted by Crippen LogP contribution is 2.35. The molecule has 9 rings (SSSR count). The molecule has 2 aromatic heterocycles. The number of fused-ring (bicyclic) bond motifs is 2. The first-order valence-electron chi connectivity index (χ1n) is 24.9. The normalized spacial score (nSPS) is 12.4. The summed E-state index contributed by atoms with van der Waals surface area (Å²) in [7, 11) is 0. The molecule has 0 amide bonds. The van der Waals surface area contributed by atoms with Crippen LogP contribution in [-0.2, 0) is 0 Å². The van der Waals surface area contributed by atoms with Gasteiger partial charge in [0, 0.05) is 23.3 Å². The van der Waals surface area contributed by atoms with Crippen molar-refractivity contribution in [3.63, 3.8) is 0 Å². The average molecular weight is 901 g/mol. The second kappa shape index (κ2) is 21.4. The zero-order valence-corrected chi connectivity index (χ0v) is 40.6. The van der Waals surface area contributed by atoms with Crippen molar-refractivity contribution in [2.75, 3.05) is 13.2 Å². The molecule has 68 heavy (non-hydrogen) atoms. The van der Waals surface area contributed by atoms with Crippen molar-refractivity contribution in [2.24, 2.45) is 11.8 Å². The van der Waals surface area contributed by atoms with E-state index in [1.807, 2.05) is 12.1 Å². The molecule has 0 saturated heterocycles. The summed E-state index contributed by atoms with van der Waals surface area (Å²) in [5, 5.41) is 0. The number of nitrogens with zero attached hydrogens (tertiary/aromatic N) is 2. The predicted molar refractivity (Wildman–Crippen MR) is 281 cm³/mol. The smallest absolute Gasteiger partial charge is 0.227 e. The van der Waals surface area contributed by atoms with E-state index >= 15 is 0 Å². The third-order valence-electron chi connectivity index (χ3n) is 13.7. The number of benzene rings is 7. The molecule has 0 N–H and O–H groups in total. The molecule has 0 bridgehead atoms. The maximum atomic E-state index is 6.29. The minimum absolute atomic E-state index is 0.569. The van der Waals surface area contributed by atoms with Crippen molar-refractivity contribution < 1.29 is 18.3 Å². The molecule has 9 aromatic rings. The quantitative estimate of drug-likeness (QED) is 0.0759. The van der Waals surface area contributed by atoms with Crippen molar-refractivity contribution in [3.05, 3.63) is 157 Å². The number of aryl methyl sites for hydroxylation is 2. The third-order valence-corrected chi connectivity index (χ3v) is 13.7. The van der Waals surface area contributed by atoms with Gasteiger partial charge in [-0.05, 0) is 131 Å². The van der Waals surface area contributed by atoms with Crippen molar-refractivity contribution in [1.29, 1.82) is 0 Å². The molecule has 2 unspecified atom stereocenters. The van der Waals surface area contributed by atoms with Crippen LogP contribution >= 0.6 is 0 Å². The number of unbranched alkanes of at least 4 members (excludes halogenated alkanes) is 2. The van der Waals surface area contributed by atoms with E-state index in [0.29, 0.717) is 23.6 Å². The standard InChI is InChI=1S/C62H64N2O4/c1-7-11-13-43(9-3)39-65-57-37-59-55(35-41(57)5)63-61(67-59)53-31-27-51(28-32-53)49-23-19-47(20-24-49)45-15-17-46(18-16-45)48-21-25-50(26-22-48)52-29-33-54(34-30-52)62-64-56-36-42(6)58(38-60(56)68-62)66-40-44(10-4)14-12-8-2/h15-38,43-44H,7-14,39-40H2,1-6H3. The van der Waals surface area contributed by atoms with Gasteiger partial charge >= 0.3 is 0 Å². The van der Waals surface area contributed by atoms with Gasteiger partial charge in [0.1, 0.15) is 22.5 Å². The van der Waals surface area contributed by atoms with E-state index in [0.717, 1.165) is 104 Å². The first-order valence-corrected chi connectivity index (χ1v) is 24.9. The second-order valence-electron chi connectivity index (χ2n) is 18.6. The van der Waals surface area contributed by atoms with Gasteiger partial charge in [-0.1, -0.05) is 163 Å². The molecule has 0 spiro atoms. The fourth-order valence-corrected chi connectivity index (χ4v) is 9.06. The van der Waals surface area contributed by atoms with Crippen molar-refractivity contribution >= 4 is 22.2 Å². The Balaban J connectivity index is 0.805. The Hall–Kier alpha value is -6.92. The van der Waals surface area contributed by atoms with Crippen LogP contribution in [0.15, 0.2) is 154 Å². The number of aromatic nitrogens is 2. The summed E-state index contributed by atoms with van der Waals surface area (Å²) in [5.74, 6) is 4.12. The van der Waals surface area contributed by atoms with Crippen LogP contribution < -0.4 is 9.47 Å². The van der Waals surface area contributed by atoms with E-state index in [-0.39, 0.29) is 0 Å². The van der Waals surface area contributed by atoms with Crippen LogP contribution in [0, 0.1) is 25.7 Å². The highest BCUT2D eigenvalue weighted by atomic mass is 16.5. The van der Waals surface area contributed by atoms with Crippen LogP contribution in [0.25, 0.3) is 89.6 Å². The zero-order chi connectivity index (χ0) is 47.0. The number of rotatable bonds is 20. The van der Waals surface area contributed by atoms with E-state index < -0.39 is 0 Å².